The molecule has 3 heteroatoms. The smallest absolute Gasteiger partial charge is 0.0890 e. The Kier molecular flexibility index (Phi) is 1.96. The maximum absolute atomic E-state index is 5.41. The predicted molar refractivity (Wildman–Crippen MR) is 46.6 cm³/mol. The Bertz CT molecular complexity index is 291. The van der Waals surface area contributed by atoms with Crippen molar-refractivity contribution in [2.24, 2.45) is 0 Å². The molecule has 1 aromatic rings. The Morgan fingerprint density at radius 2 is 2.58 bits per heavy atom. The van der Waals surface area contributed by atoms with E-state index < -0.39 is 0 Å². The van der Waals surface area contributed by atoms with Gasteiger partial charge in [0.15, 0.2) is 0 Å². The van der Waals surface area contributed by atoms with Gasteiger partial charge in [0.1, 0.15) is 0 Å². The number of hydrogen-bond donors (Lipinski definition) is 0. The summed E-state index contributed by atoms with van der Waals surface area (Å²) in [4.78, 5) is 0. The van der Waals surface area contributed by atoms with E-state index in [1.54, 1.807) is 0 Å². The van der Waals surface area contributed by atoms with Crippen molar-refractivity contribution in [2.45, 2.75) is 19.6 Å². The third-order valence-corrected chi connectivity index (χ3v) is 2.10. The molecule has 0 amide bonds. The highest BCUT2D eigenvalue weighted by Crippen LogP contribution is 2.14. The van der Waals surface area contributed by atoms with Crippen LogP contribution in [0.15, 0.2) is 12.8 Å². The number of ether oxygens (including phenoxy) is 1. The minimum absolute atomic E-state index is 0.668. The lowest BCUT2D eigenvalue weighted by molar-refractivity contribution is 0.124. The second-order valence-corrected chi connectivity index (χ2v) is 2.88. The summed E-state index contributed by atoms with van der Waals surface area (Å²) in [6.45, 7) is 6.20. The molecule has 1 aromatic heterocycles. The van der Waals surface area contributed by atoms with Crippen molar-refractivity contribution in [3.05, 3.63) is 24.0 Å². The molecule has 0 radical (unpaired) electrons. The Morgan fingerprint density at radius 1 is 1.67 bits per heavy atom. The first kappa shape index (κ1) is 7.55. The number of aromatic nitrogens is 2. The quantitative estimate of drug-likeness (QED) is 0.628. The largest absolute Gasteiger partial charge is 0.375 e. The molecule has 3 nitrogen and oxygen atoms in total. The monoisotopic (exact) mass is 164 g/mol. The van der Waals surface area contributed by atoms with Crippen LogP contribution in [0.4, 0.5) is 0 Å². The van der Waals surface area contributed by atoms with Crippen LogP contribution in [0.5, 0.6) is 0 Å². The van der Waals surface area contributed by atoms with Crippen molar-refractivity contribution < 1.29 is 4.74 Å². The van der Waals surface area contributed by atoms with E-state index in [9.17, 15) is 0 Å². The molecule has 0 fully saturated rings. The first-order valence-electron chi connectivity index (χ1n) is 4.16. The van der Waals surface area contributed by atoms with Gasteiger partial charge in [0.25, 0.3) is 0 Å². The maximum atomic E-state index is 5.41. The Labute approximate surface area is 71.6 Å². The summed E-state index contributed by atoms with van der Waals surface area (Å²) in [5.41, 5.74) is 2.25. The molecule has 0 aliphatic carbocycles. The van der Waals surface area contributed by atoms with Gasteiger partial charge >= 0.3 is 0 Å². The molecule has 0 saturated heterocycles. The number of rotatable bonds is 1. The minimum atomic E-state index is 0.668. The molecule has 64 valence electrons. The molecule has 2 heterocycles. The van der Waals surface area contributed by atoms with Gasteiger partial charge in [-0.3, -0.25) is 4.68 Å². The van der Waals surface area contributed by atoms with E-state index in [1.165, 1.54) is 0 Å². The molecule has 0 N–H and O–H groups in total. The average Bonchev–Trinajstić information content (AvgIpc) is 2.33. The fourth-order valence-corrected chi connectivity index (χ4v) is 1.43. The summed E-state index contributed by atoms with van der Waals surface area (Å²) < 4.78 is 7.42. The number of nitrogens with zero attached hydrogens (tertiary/aromatic N) is 2. The van der Waals surface area contributed by atoms with Gasteiger partial charge in [-0.05, 0) is 6.42 Å². The number of aryl methyl sites for hydroxylation is 1. The highest BCUT2D eigenvalue weighted by molar-refractivity contribution is 5.48. The van der Waals surface area contributed by atoms with Crippen LogP contribution in [0, 0.1) is 0 Å². The lowest BCUT2D eigenvalue weighted by Crippen LogP contribution is -2.02. The first-order chi connectivity index (χ1) is 5.92. The minimum Gasteiger partial charge on any atom is -0.375 e. The zero-order valence-corrected chi connectivity index (χ0v) is 6.99. The van der Waals surface area contributed by atoms with E-state index in [-0.39, 0.29) is 0 Å². The molecule has 1 aliphatic heterocycles. The lowest BCUT2D eigenvalue weighted by Gasteiger charge is -2.00. The number of fused-ring (bicyclic) bond motifs is 1. The SMILES string of the molecule is C=Cc1cnn2c1COCCC2. The van der Waals surface area contributed by atoms with Gasteiger partial charge in [0.2, 0.25) is 0 Å². The Hall–Kier alpha value is -1.09. The van der Waals surface area contributed by atoms with Gasteiger partial charge in [-0.15, -0.1) is 0 Å². The van der Waals surface area contributed by atoms with E-state index in [0.29, 0.717) is 6.61 Å². The van der Waals surface area contributed by atoms with Crippen molar-refractivity contribution in [3.63, 3.8) is 0 Å². The van der Waals surface area contributed by atoms with Crippen LogP contribution in [-0.4, -0.2) is 16.4 Å². The molecular formula is C9H12N2O. The van der Waals surface area contributed by atoms with Crippen molar-refractivity contribution >= 4 is 6.08 Å². The van der Waals surface area contributed by atoms with Crippen LogP contribution >= 0.6 is 0 Å². The summed E-state index contributed by atoms with van der Waals surface area (Å²) >= 11 is 0. The molecule has 2 rings (SSSR count). The van der Waals surface area contributed by atoms with Crippen LogP contribution in [0.25, 0.3) is 6.08 Å². The van der Waals surface area contributed by atoms with E-state index in [1.807, 2.05) is 17.0 Å². The third-order valence-electron chi connectivity index (χ3n) is 2.10. The zero-order valence-electron chi connectivity index (χ0n) is 6.99. The van der Waals surface area contributed by atoms with Crippen LogP contribution in [0.1, 0.15) is 17.7 Å². The lowest BCUT2D eigenvalue weighted by atomic mass is 10.2. The van der Waals surface area contributed by atoms with Gasteiger partial charge in [-0.1, -0.05) is 12.7 Å². The van der Waals surface area contributed by atoms with Crippen molar-refractivity contribution in [2.75, 3.05) is 6.61 Å². The van der Waals surface area contributed by atoms with Crippen LogP contribution in [-0.2, 0) is 17.9 Å². The Balaban J connectivity index is 2.38. The van der Waals surface area contributed by atoms with Gasteiger partial charge in [0.05, 0.1) is 18.5 Å². The van der Waals surface area contributed by atoms with E-state index in [4.69, 9.17) is 4.74 Å². The second kappa shape index (κ2) is 3.11. The second-order valence-electron chi connectivity index (χ2n) is 2.88. The van der Waals surface area contributed by atoms with Gasteiger partial charge in [0, 0.05) is 18.7 Å². The molecule has 12 heavy (non-hydrogen) atoms. The summed E-state index contributed by atoms with van der Waals surface area (Å²) in [6, 6.07) is 0. The standard InChI is InChI=1S/C9H12N2O/c1-2-8-6-10-11-4-3-5-12-7-9(8)11/h2,6H,1,3-5,7H2. The third kappa shape index (κ3) is 1.16. The van der Waals surface area contributed by atoms with Crippen molar-refractivity contribution in [1.82, 2.24) is 9.78 Å². The van der Waals surface area contributed by atoms with Gasteiger partial charge in [-0.2, -0.15) is 5.10 Å². The molecule has 0 unspecified atom stereocenters. The highest BCUT2D eigenvalue weighted by Gasteiger charge is 2.11. The maximum Gasteiger partial charge on any atom is 0.0890 e. The highest BCUT2D eigenvalue weighted by atomic mass is 16.5. The van der Waals surface area contributed by atoms with Gasteiger partial charge in [-0.25, -0.2) is 0 Å². The molecule has 0 saturated carbocycles. The van der Waals surface area contributed by atoms with E-state index in [0.717, 1.165) is 30.8 Å². The van der Waals surface area contributed by atoms with E-state index >= 15 is 0 Å². The van der Waals surface area contributed by atoms with Crippen molar-refractivity contribution in [3.8, 4) is 0 Å². The predicted octanol–water partition coefficient (Wildman–Crippen LogP) is 1.45. The molecule has 0 aromatic carbocycles. The Morgan fingerprint density at radius 3 is 3.42 bits per heavy atom. The average molecular weight is 164 g/mol. The van der Waals surface area contributed by atoms with E-state index in [2.05, 4.69) is 11.7 Å². The molecule has 0 bridgehead atoms. The summed E-state index contributed by atoms with van der Waals surface area (Å²) in [5.74, 6) is 0. The van der Waals surface area contributed by atoms with Crippen LogP contribution in [0.2, 0.25) is 0 Å². The topological polar surface area (TPSA) is 27.1 Å². The molecule has 1 aliphatic rings. The first-order valence-corrected chi connectivity index (χ1v) is 4.16. The van der Waals surface area contributed by atoms with Crippen molar-refractivity contribution in [1.29, 1.82) is 0 Å². The zero-order chi connectivity index (χ0) is 8.39. The van der Waals surface area contributed by atoms with Crippen LogP contribution < -0.4 is 0 Å². The van der Waals surface area contributed by atoms with Crippen LogP contribution in [0.3, 0.4) is 0 Å². The normalized spacial score (nSPS) is 16.7. The molecule has 0 spiro atoms. The molecule has 0 atom stereocenters. The summed E-state index contributed by atoms with van der Waals surface area (Å²) in [7, 11) is 0. The number of hydrogen-bond acceptors (Lipinski definition) is 2. The fourth-order valence-electron chi connectivity index (χ4n) is 1.43. The summed E-state index contributed by atoms with van der Waals surface area (Å²) in [6.07, 6.45) is 4.72. The fraction of sp³-hybridized carbons (Fsp3) is 0.444. The molecular weight excluding hydrogens is 152 g/mol. The van der Waals surface area contributed by atoms with Gasteiger partial charge < -0.3 is 4.74 Å². The summed E-state index contributed by atoms with van der Waals surface area (Å²) in [5, 5.41) is 4.25.